The molecule has 1 aromatic rings. The zero-order valence-electron chi connectivity index (χ0n) is 19.4. The van der Waals surface area contributed by atoms with E-state index in [0.717, 1.165) is 39.8 Å². The molecular weight excluding hydrogens is 492 g/mol. The largest absolute Gasteiger partial charge is 0.463 e. The molecule has 0 radical (unpaired) electrons. The van der Waals surface area contributed by atoms with Crippen molar-refractivity contribution < 1.29 is 57.4 Å². The molecule has 36 heavy (non-hydrogen) atoms. The van der Waals surface area contributed by atoms with Gasteiger partial charge in [0.15, 0.2) is 12.2 Å². The molecule has 0 aromatic heterocycles. The normalized spacial score (nSPS) is 23.1. The molecule has 1 aliphatic rings. The van der Waals surface area contributed by atoms with Crippen molar-refractivity contribution in [3.63, 3.8) is 0 Å². The van der Waals surface area contributed by atoms with Crippen molar-refractivity contribution in [2.75, 3.05) is 6.61 Å². The molecule has 0 spiro atoms. The lowest BCUT2D eigenvalue weighted by Gasteiger charge is -2.43. The van der Waals surface area contributed by atoms with Crippen LogP contribution in [0.2, 0.25) is 0 Å². The van der Waals surface area contributed by atoms with Gasteiger partial charge in [0.05, 0.1) is 15.9 Å². The minimum atomic E-state index is -1.74. The Labute approximate surface area is 202 Å². The summed E-state index contributed by atoms with van der Waals surface area (Å²) in [5.41, 5.74) is -1.42. The van der Waals surface area contributed by atoms with Crippen LogP contribution in [0.25, 0.3) is 0 Å². The molecule has 0 saturated carbocycles. The van der Waals surface area contributed by atoms with Crippen LogP contribution in [-0.2, 0) is 42.9 Å². The van der Waals surface area contributed by atoms with Crippen LogP contribution in [0.15, 0.2) is 18.2 Å². The highest BCUT2D eigenvalue weighted by Gasteiger charge is 2.53. The van der Waals surface area contributed by atoms with Gasteiger partial charge < -0.3 is 28.4 Å². The second kappa shape index (κ2) is 11.9. The number of nitrogens with zero attached hydrogens (tertiary/aromatic N) is 2. The zero-order chi connectivity index (χ0) is 27.2. The van der Waals surface area contributed by atoms with E-state index >= 15 is 0 Å². The van der Waals surface area contributed by atoms with Crippen molar-refractivity contribution in [3.8, 4) is 5.75 Å². The first-order valence-electron chi connectivity index (χ1n) is 10.2. The molecule has 1 fully saturated rings. The summed E-state index contributed by atoms with van der Waals surface area (Å²) in [7, 11) is 0. The molecule has 1 saturated heterocycles. The number of carbonyl (C=O) groups is 4. The fourth-order valence-corrected chi connectivity index (χ4v) is 3.27. The Morgan fingerprint density at radius 3 is 1.89 bits per heavy atom. The number of ether oxygens (including phenoxy) is 6. The third-order valence-electron chi connectivity index (χ3n) is 4.54. The monoisotopic (exact) mass is 514 g/mol. The zero-order valence-corrected chi connectivity index (χ0v) is 19.4. The molecule has 1 heterocycles. The van der Waals surface area contributed by atoms with Crippen molar-refractivity contribution in [3.05, 3.63) is 38.4 Å². The van der Waals surface area contributed by atoms with E-state index in [9.17, 15) is 39.4 Å². The lowest BCUT2D eigenvalue weighted by Crippen LogP contribution is -2.63. The predicted octanol–water partition coefficient (Wildman–Crippen LogP) is 0.965. The maximum Gasteiger partial charge on any atom is 0.317 e. The highest BCUT2D eigenvalue weighted by atomic mass is 16.7. The molecule has 1 aliphatic heterocycles. The van der Waals surface area contributed by atoms with Crippen LogP contribution in [0, 0.1) is 20.2 Å². The lowest BCUT2D eigenvalue weighted by molar-refractivity contribution is -0.395. The molecule has 0 aliphatic carbocycles. The fourth-order valence-electron chi connectivity index (χ4n) is 3.27. The topological polar surface area (TPSA) is 210 Å². The fraction of sp³-hybridized carbons (Fsp3) is 0.500. The van der Waals surface area contributed by atoms with Gasteiger partial charge in [-0.25, -0.2) is 0 Å². The van der Waals surface area contributed by atoms with Gasteiger partial charge in [-0.1, -0.05) is 0 Å². The van der Waals surface area contributed by atoms with E-state index in [2.05, 4.69) is 0 Å². The summed E-state index contributed by atoms with van der Waals surface area (Å²) < 4.78 is 31.8. The Hall–Kier alpha value is -4.34. The smallest absolute Gasteiger partial charge is 0.317 e. The van der Waals surface area contributed by atoms with Crippen LogP contribution in [0.5, 0.6) is 5.75 Å². The van der Waals surface area contributed by atoms with Crippen molar-refractivity contribution in [2.24, 2.45) is 0 Å². The molecule has 196 valence electrons. The number of esters is 4. The summed E-state index contributed by atoms with van der Waals surface area (Å²) in [5.74, 6) is -3.91. The summed E-state index contributed by atoms with van der Waals surface area (Å²) in [5, 5.41) is 22.5. The van der Waals surface area contributed by atoms with Gasteiger partial charge in [0.1, 0.15) is 12.7 Å². The number of benzene rings is 1. The molecule has 0 bridgehead atoms. The lowest BCUT2D eigenvalue weighted by atomic mass is 9.98. The third kappa shape index (κ3) is 7.33. The maximum atomic E-state index is 11.8. The molecule has 5 atom stereocenters. The molecule has 16 heteroatoms. The molecule has 16 nitrogen and oxygen atoms in total. The predicted molar refractivity (Wildman–Crippen MR) is 112 cm³/mol. The quantitative estimate of drug-likeness (QED) is 0.194. The molecule has 1 aromatic carbocycles. The van der Waals surface area contributed by atoms with Crippen LogP contribution >= 0.6 is 0 Å². The van der Waals surface area contributed by atoms with Crippen LogP contribution in [0.1, 0.15) is 27.7 Å². The average Bonchev–Trinajstić information content (AvgIpc) is 2.75. The van der Waals surface area contributed by atoms with E-state index in [-0.39, 0.29) is 0 Å². The van der Waals surface area contributed by atoms with Gasteiger partial charge in [-0.2, -0.15) is 0 Å². The average molecular weight is 514 g/mol. The molecule has 0 unspecified atom stereocenters. The van der Waals surface area contributed by atoms with Gasteiger partial charge >= 0.3 is 29.6 Å². The molecule has 0 amide bonds. The Balaban J connectivity index is 2.57. The van der Waals surface area contributed by atoms with Gasteiger partial charge in [0.2, 0.25) is 18.1 Å². The minimum absolute atomic E-state index is 0.522. The standard InChI is InChI=1S/C20H22N2O14/c1-9(23)31-8-16-17(32-10(2)24)18(33-11(3)25)19(34-12(4)26)20(36-16)35-15-6-5-13(21(27)28)7-14(15)22(29)30/h5-7,16-20H,8H2,1-4H3/t16-,17-,18-,19-,20+/m0/s1. The number of hydrogen-bond donors (Lipinski definition) is 0. The first-order valence-corrected chi connectivity index (χ1v) is 10.2. The van der Waals surface area contributed by atoms with Crippen LogP contribution in [0.4, 0.5) is 11.4 Å². The van der Waals surface area contributed by atoms with Crippen molar-refractivity contribution in [1.29, 1.82) is 0 Å². The van der Waals surface area contributed by atoms with Crippen LogP contribution in [-0.4, -0.2) is 71.0 Å². The van der Waals surface area contributed by atoms with Gasteiger partial charge in [-0.15, -0.1) is 0 Å². The van der Waals surface area contributed by atoms with E-state index < -0.39 is 88.2 Å². The number of carbonyl (C=O) groups excluding carboxylic acids is 4. The van der Waals surface area contributed by atoms with E-state index in [4.69, 9.17) is 28.4 Å². The number of rotatable bonds is 9. The number of non-ortho nitro benzene ring substituents is 1. The van der Waals surface area contributed by atoms with E-state index in [1.165, 1.54) is 0 Å². The van der Waals surface area contributed by atoms with Gasteiger partial charge in [-0.3, -0.25) is 39.4 Å². The molecule has 0 N–H and O–H groups in total. The van der Waals surface area contributed by atoms with Crippen molar-refractivity contribution in [2.45, 2.75) is 58.4 Å². The summed E-state index contributed by atoms with van der Waals surface area (Å²) in [4.78, 5) is 67.5. The van der Waals surface area contributed by atoms with Crippen molar-refractivity contribution >= 4 is 35.3 Å². The first kappa shape index (κ1) is 27.9. The summed E-state index contributed by atoms with van der Waals surface area (Å²) in [6.45, 7) is 3.60. The van der Waals surface area contributed by atoms with Gasteiger partial charge in [-0.05, 0) is 6.07 Å². The Bertz CT molecular complexity index is 1060. The maximum absolute atomic E-state index is 11.8. The summed E-state index contributed by atoms with van der Waals surface area (Å²) >= 11 is 0. The summed E-state index contributed by atoms with van der Waals surface area (Å²) in [6, 6.07) is 2.48. The van der Waals surface area contributed by atoms with E-state index in [1.54, 1.807) is 0 Å². The highest BCUT2D eigenvalue weighted by molar-refractivity contribution is 5.68. The molecular formula is C20H22N2O14. The second-order valence-electron chi connectivity index (χ2n) is 7.35. The van der Waals surface area contributed by atoms with Crippen LogP contribution in [0.3, 0.4) is 0 Å². The second-order valence-corrected chi connectivity index (χ2v) is 7.35. The Kier molecular flexibility index (Phi) is 9.20. The first-order chi connectivity index (χ1) is 16.8. The van der Waals surface area contributed by atoms with Crippen molar-refractivity contribution in [1.82, 2.24) is 0 Å². The Morgan fingerprint density at radius 1 is 0.833 bits per heavy atom. The highest BCUT2D eigenvalue weighted by Crippen LogP contribution is 2.36. The van der Waals surface area contributed by atoms with Gasteiger partial charge in [0, 0.05) is 33.8 Å². The number of nitro groups is 2. The molecule has 2 rings (SSSR count). The third-order valence-corrected chi connectivity index (χ3v) is 4.54. The van der Waals surface area contributed by atoms with Crippen LogP contribution < -0.4 is 4.74 Å². The van der Waals surface area contributed by atoms with E-state index in [1.807, 2.05) is 0 Å². The van der Waals surface area contributed by atoms with Gasteiger partial charge in [0.25, 0.3) is 5.69 Å². The summed E-state index contributed by atoms with van der Waals surface area (Å²) in [6.07, 6.45) is -7.76. The SMILES string of the molecule is CC(=O)OC[C@@H]1O[C@@H](Oc2ccc([N+](=O)[O-])cc2[N+](=O)[O-])[C@@H](OC(C)=O)[C@@H](OC(C)=O)[C@H]1OC(C)=O. The van der Waals surface area contributed by atoms with E-state index in [0.29, 0.717) is 6.07 Å². The number of nitro benzene ring substituents is 2. The number of hydrogen-bond acceptors (Lipinski definition) is 14. The Morgan fingerprint density at radius 2 is 1.39 bits per heavy atom. The minimum Gasteiger partial charge on any atom is -0.463 e.